The molecule has 0 spiro atoms. The van der Waals surface area contributed by atoms with E-state index in [9.17, 15) is 0 Å². The summed E-state index contributed by atoms with van der Waals surface area (Å²) >= 11 is 5.20. The first-order valence-electron chi connectivity index (χ1n) is 7.03. The number of hydrogen-bond acceptors (Lipinski definition) is 6. The molecule has 1 fully saturated rings. The highest BCUT2D eigenvalue weighted by Crippen LogP contribution is 2.43. The van der Waals surface area contributed by atoms with E-state index in [2.05, 4.69) is 20.7 Å². The van der Waals surface area contributed by atoms with Gasteiger partial charge in [-0.1, -0.05) is 6.30 Å². The standard InChI is InChI=1S/C12H26BN2O4P2S/c1-16-7-8-9(19-21(2,3)4)10(11(13-20)17-8)18-12(22)15-6-5-14/h8-11H,2,5-7,14,20H2,1,3-4H3,(H,15,22)/t8-,9+,10?,11-/m1/s1. The molecule has 0 aromatic rings. The third kappa shape index (κ3) is 6.44. The molecule has 0 aromatic heterocycles. The van der Waals surface area contributed by atoms with Gasteiger partial charge in [0, 0.05) is 20.2 Å². The van der Waals surface area contributed by atoms with Crippen molar-refractivity contribution >= 4 is 46.9 Å². The maximum absolute atomic E-state index is 6.14. The van der Waals surface area contributed by atoms with Gasteiger partial charge in [-0.2, -0.15) is 9.12 Å². The summed E-state index contributed by atoms with van der Waals surface area (Å²) in [5.74, 6) is 0. The number of nitrogens with one attached hydrogen (secondary N) is 1. The number of hydrogen-bond donors (Lipinski definition) is 2. The summed E-state index contributed by atoms with van der Waals surface area (Å²) in [5.41, 5.74) is 5.45. The van der Waals surface area contributed by atoms with Crippen molar-refractivity contribution in [3.8, 4) is 0 Å². The van der Waals surface area contributed by atoms with Gasteiger partial charge in [-0.25, -0.2) is 0 Å². The Morgan fingerprint density at radius 3 is 2.68 bits per heavy atom. The number of ether oxygens (including phenoxy) is 3. The Balaban J connectivity index is 2.84. The lowest BCUT2D eigenvalue weighted by Gasteiger charge is -2.29. The second-order valence-electron chi connectivity index (χ2n) is 5.52. The summed E-state index contributed by atoms with van der Waals surface area (Å²) in [6, 6.07) is -0.251. The van der Waals surface area contributed by atoms with Crippen molar-refractivity contribution in [1.29, 1.82) is 0 Å². The molecule has 1 radical (unpaired) electrons. The van der Waals surface area contributed by atoms with Crippen LogP contribution in [0.3, 0.4) is 0 Å². The summed E-state index contributed by atoms with van der Waals surface area (Å²) in [6.45, 7) is 7.31. The van der Waals surface area contributed by atoms with Crippen molar-refractivity contribution in [2.45, 2.75) is 24.3 Å². The van der Waals surface area contributed by atoms with E-state index in [0.29, 0.717) is 24.9 Å². The van der Waals surface area contributed by atoms with Gasteiger partial charge in [-0.15, -0.1) is 0 Å². The fourth-order valence-electron chi connectivity index (χ4n) is 2.14. The molecule has 0 bridgehead atoms. The van der Waals surface area contributed by atoms with Crippen molar-refractivity contribution in [3.05, 3.63) is 0 Å². The first-order chi connectivity index (χ1) is 10.3. The maximum Gasteiger partial charge on any atom is 0.257 e. The van der Waals surface area contributed by atoms with Crippen LogP contribution in [0.2, 0.25) is 0 Å². The van der Waals surface area contributed by atoms with E-state index in [0.717, 1.165) is 0 Å². The molecule has 22 heavy (non-hydrogen) atoms. The molecule has 1 aliphatic rings. The van der Waals surface area contributed by atoms with Crippen molar-refractivity contribution in [2.75, 3.05) is 40.1 Å². The molecule has 0 saturated carbocycles. The molecule has 6 nitrogen and oxygen atoms in total. The van der Waals surface area contributed by atoms with Crippen molar-refractivity contribution in [3.63, 3.8) is 0 Å². The van der Waals surface area contributed by atoms with E-state index in [1.165, 1.54) is 0 Å². The summed E-state index contributed by atoms with van der Waals surface area (Å²) < 4.78 is 23.2. The highest BCUT2D eigenvalue weighted by atomic mass is 32.1. The summed E-state index contributed by atoms with van der Waals surface area (Å²) in [6.07, 6.45) is 3.23. The summed E-state index contributed by atoms with van der Waals surface area (Å²) in [4.78, 5) is 0. The van der Waals surface area contributed by atoms with Crippen molar-refractivity contribution in [2.24, 2.45) is 5.73 Å². The third-order valence-corrected chi connectivity index (χ3v) is 4.36. The van der Waals surface area contributed by atoms with Gasteiger partial charge >= 0.3 is 0 Å². The highest BCUT2D eigenvalue weighted by molar-refractivity contribution is 7.80. The van der Waals surface area contributed by atoms with Crippen LogP contribution in [-0.4, -0.2) is 82.9 Å². The smallest absolute Gasteiger partial charge is 0.257 e. The van der Waals surface area contributed by atoms with Gasteiger partial charge in [0.05, 0.1) is 12.6 Å². The number of methoxy groups -OCH3 is 1. The van der Waals surface area contributed by atoms with Gasteiger partial charge in [0.1, 0.15) is 18.3 Å². The van der Waals surface area contributed by atoms with E-state index in [-0.39, 0.29) is 24.3 Å². The molecule has 1 heterocycles. The molecule has 1 saturated heterocycles. The lowest BCUT2D eigenvalue weighted by Crippen LogP contribution is -2.43. The zero-order valence-electron chi connectivity index (χ0n) is 13.4. The Labute approximate surface area is 141 Å². The Bertz CT molecular complexity index is 413. The maximum atomic E-state index is 6.14. The Hall–Kier alpha value is 0.325. The molecule has 0 aliphatic carbocycles. The minimum atomic E-state index is -1.73. The minimum absolute atomic E-state index is 0.227. The molecular weight excluding hydrogens is 341 g/mol. The van der Waals surface area contributed by atoms with Crippen LogP contribution in [-0.2, 0) is 18.7 Å². The average Bonchev–Trinajstić information content (AvgIpc) is 2.73. The predicted molar refractivity (Wildman–Crippen MR) is 101 cm³/mol. The van der Waals surface area contributed by atoms with Gasteiger partial charge in [0.15, 0.2) is 7.00 Å². The van der Waals surface area contributed by atoms with Gasteiger partial charge in [0.25, 0.3) is 5.17 Å². The second-order valence-corrected chi connectivity index (χ2v) is 9.63. The van der Waals surface area contributed by atoms with Crippen LogP contribution in [0.4, 0.5) is 0 Å². The van der Waals surface area contributed by atoms with E-state index in [1.807, 2.05) is 20.3 Å². The quantitative estimate of drug-likeness (QED) is 0.358. The Morgan fingerprint density at radius 2 is 2.18 bits per heavy atom. The van der Waals surface area contributed by atoms with E-state index in [1.54, 1.807) is 7.11 Å². The SMILES string of the molecule is C=P(C)(C)O[C@@H]1C(OC(=S)NCCN)[C@H]([B]P)O[C@@H]1COC. The van der Waals surface area contributed by atoms with Crippen LogP contribution in [0, 0.1) is 0 Å². The van der Waals surface area contributed by atoms with Crippen LogP contribution in [0.5, 0.6) is 0 Å². The lowest BCUT2D eigenvalue weighted by molar-refractivity contribution is -0.00886. The van der Waals surface area contributed by atoms with E-state index in [4.69, 9.17) is 36.7 Å². The average molecular weight is 367 g/mol. The molecule has 10 heteroatoms. The third-order valence-electron chi connectivity index (χ3n) is 2.93. The minimum Gasteiger partial charge on any atom is -0.463 e. The summed E-state index contributed by atoms with van der Waals surface area (Å²) in [7, 11) is 2.44. The van der Waals surface area contributed by atoms with Gasteiger partial charge < -0.3 is 29.8 Å². The number of rotatable bonds is 8. The van der Waals surface area contributed by atoms with Crippen LogP contribution in [0.15, 0.2) is 0 Å². The van der Waals surface area contributed by atoms with Crippen molar-refractivity contribution < 1.29 is 18.7 Å². The van der Waals surface area contributed by atoms with Crippen LogP contribution < -0.4 is 11.1 Å². The number of thiocarbonyl (C=S) groups is 1. The zero-order chi connectivity index (χ0) is 16.8. The molecule has 3 N–H and O–H groups in total. The van der Waals surface area contributed by atoms with Crippen LogP contribution >= 0.6 is 28.4 Å². The molecule has 1 rings (SSSR count). The fraction of sp³-hybridized carbons (Fsp3) is 0.833. The van der Waals surface area contributed by atoms with Gasteiger partial charge in [0.2, 0.25) is 0 Å². The molecule has 0 amide bonds. The Morgan fingerprint density at radius 1 is 1.50 bits per heavy atom. The van der Waals surface area contributed by atoms with E-state index < -0.39 is 7.11 Å². The highest BCUT2D eigenvalue weighted by Gasteiger charge is 2.47. The predicted octanol–water partition coefficient (Wildman–Crippen LogP) is 0.0798. The monoisotopic (exact) mass is 367 g/mol. The van der Waals surface area contributed by atoms with Gasteiger partial charge in [-0.05, 0) is 32.7 Å². The second kappa shape index (κ2) is 9.58. The molecule has 1 aliphatic heterocycles. The fourth-order valence-corrected chi connectivity index (χ4v) is 3.58. The zero-order valence-corrected chi connectivity index (χ0v) is 16.2. The van der Waals surface area contributed by atoms with Crippen LogP contribution in [0.25, 0.3) is 0 Å². The topological polar surface area (TPSA) is 75.0 Å². The number of nitrogens with two attached hydrogens (primary N) is 1. The molecule has 5 atom stereocenters. The largest absolute Gasteiger partial charge is 0.463 e. The molecule has 127 valence electrons. The normalized spacial score (nSPS) is 28.4. The van der Waals surface area contributed by atoms with Crippen LogP contribution in [0.1, 0.15) is 0 Å². The lowest BCUT2D eigenvalue weighted by atomic mass is 9.91. The first kappa shape index (κ1) is 20.4. The molecule has 2 unspecified atom stereocenters. The molecular formula is C12H26BN2O4P2S. The first-order valence-corrected chi connectivity index (χ1v) is 10.9. The Kier molecular flexibility index (Phi) is 8.87. The summed E-state index contributed by atoms with van der Waals surface area (Å²) in [5, 5.41) is 3.24. The van der Waals surface area contributed by atoms with Crippen molar-refractivity contribution in [1.82, 2.24) is 5.32 Å². The molecule has 0 aromatic carbocycles. The van der Waals surface area contributed by atoms with Gasteiger partial charge in [-0.3, -0.25) is 0 Å². The van der Waals surface area contributed by atoms with E-state index >= 15 is 0 Å².